The Bertz CT molecular complexity index is 1590. The van der Waals surface area contributed by atoms with Crippen molar-refractivity contribution in [3.63, 3.8) is 0 Å². The molecule has 8 nitrogen and oxygen atoms in total. The molecule has 2 aromatic carbocycles. The number of hydrogen-bond donors (Lipinski definition) is 1. The van der Waals surface area contributed by atoms with Crippen LogP contribution in [0.2, 0.25) is 5.02 Å². The van der Waals surface area contributed by atoms with Crippen LogP contribution in [0, 0.1) is 17.8 Å². The molecule has 236 valence electrons. The summed E-state index contributed by atoms with van der Waals surface area (Å²) >= 11 is 6.40. The van der Waals surface area contributed by atoms with Crippen LogP contribution in [0.15, 0.2) is 48.6 Å². The molecule has 10 heteroatoms. The van der Waals surface area contributed by atoms with Crippen LogP contribution in [0.3, 0.4) is 0 Å². The second-order valence-electron chi connectivity index (χ2n) is 13.2. The Balaban J connectivity index is 1.43. The third-order valence-corrected chi connectivity index (χ3v) is 12.5. The van der Waals surface area contributed by atoms with Crippen LogP contribution in [0.1, 0.15) is 74.4 Å². The molecule has 1 saturated carbocycles. The van der Waals surface area contributed by atoms with Gasteiger partial charge in [-0.2, -0.15) is 0 Å². The summed E-state index contributed by atoms with van der Waals surface area (Å²) < 4.78 is 41.2. The number of benzene rings is 2. The van der Waals surface area contributed by atoms with Crippen LogP contribution in [0.5, 0.6) is 5.75 Å². The number of rotatable bonds is 1. The maximum Gasteiger partial charge on any atom is 0.303 e. The van der Waals surface area contributed by atoms with Gasteiger partial charge in [0.15, 0.2) is 0 Å². The molecule has 1 fully saturated rings. The number of carbonyl (C=O) groups excluding carboxylic acids is 2. The molecule has 1 N–H and O–H groups in total. The second kappa shape index (κ2) is 12.0. The summed E-state index contributed by atoms with van der Waals surface area (Å²) in [5, 5.41) is -0.0899. The van der Waals surface area contributed by atoms with Crippen molar-refractivity contribution in [1.82, 2.24) is 4.72 Å². The van der Waals surface area contributed by atoms with Gasteiger partial charge >= 0.3 is 5.97 Å². The van der Waals surface area contributed by atoms with E-state index in [9.17, 15) is 18.0 Å². The number of halogens is 1. The molecule has 0 aromatic heterocycles. The van der Waals surface area contributed by atoms with E-state index >= 15 is 0 Å². The molecule has 2 aromatic rings. The molecule has 2 bridgehead atoms. The highest BCUT2D eigenvalue weighted by molar-refractivity contribution is 7.90. The maximum absolute atomic E-state index is 13.4. The number of aryl methyl sites for hydroxylation is 1. The normalized spacial score (nSPS) is 32.1. The van der Waals surface area contributed by atoms with E-state index in [0.717, 1.165) is 42.8 Å². The highest BCUT2D eigenvalue weighted by Gasteiger charge is 2.45. The zero-order chi connectivity index (χ0) is 31.2. The highest BCUT2D eigenvalue weighted by Crippen LogP contribution is 2.47. The molecule has 6 rings (SSSR count). The lowest BCUT2D eigenvalue weighted by atomic mass is 9.68. The first-order valence-electron chi connectivity index (χ1n) is 15.7. The number of anilines is 1. The molecule has 2 heterocycles. The number of fused-ring (bicyclic) bond motifs is 4. The molecule has 6 atom stereocenters. The molecule has 2 aliphatic carbocycles. The number of ether oxygens (including phenoxy) is 2. The molecular weight excluding hydrogens is 600 g/mol. The van der Waals surface area contributed by atoms with E-state index < -0.39 is 27.3 Å². The third kappa shape index (κ3) is 5.97. The minimum Gasteiger partial charge on any atom is -0.490 e. The molecule has 44 heavy (non-hydrogen) atoms. The van der Waals surface area contributed by atoms with E-state index in [2.05, 4.69) is 21.8 Å². The molecule has 2 aliphatic heterocycles. The standard InChI is InChI=1S/C34H41ClN2O6S/c1-21-6-4-8-31(43-23(3)38)28-12-9-26(28)18-37-19-34(15-5-7-24-16-27(35)11-13-29(24)34)20-42-32-14-10-25(17-30(32)37)33(39)36-44(40,41)22(21)2/h4,8,10-11,13-14,16-17,21-22,26,28,31H,5-7,9,12,15,18-20H2,1-3H3,(H,36,39)/b8-4+/t21-,22+,26-,28+,31+,34-/m0/s1. The number of nitrogens with one attached hydrogen (secondary N) is 1. The Labute approximate surface area is 265 Å². The van der Waals surface area contributed by atoms with Gasteiger partial charge in [-0.3, -0.25) is 9.59 Å². The van der Waals surface area contributed by atoms with Crippen molar-refractivity contribution >= 4 is 39.2 Å². The Morgan fingerprint density at radius 1 is 1.16 bits per heavy atom. The summed E-state index contributed by atoms with van der Waals surface area (Å²) in [6.45, 7) is 6.73. The van der Waals surface area contributed by atoms with Crippen molar-refractivity contribution in [3.8, 4) is 5.75 Å². The third-order valence-electron chi connectivity index (χ3n) is 10.3. The van der Waals surface area contributed by atoms with Gasteiger partial charge in [0.25, 0.3) is 5.91 Å². The first-order chi connectivity index (χ1) is 21.0. The molecule has 1 spiro atoms. The maximum atomic E-state index is 13.4. The fourth-order valence-electron chi connectivity index (χ4n) is 7.46. The van der Waals surface area contributed by atoms with Gasteiger partial charge in [-0.1, -0.05) is 30.7 Å². The topological polar surface area (TPSA) is 102 Å². The average molecular weight is 641 g/mol. The van der Waals surface area contributed by atoms with Gasteiger partial charge < -0.3 is 14.4 Å². The van der Waals surface area contributed by atoms with E-state index in [1.54, 1.807) is 25.1 Å². The van der Waals surface area contributed by atoms with Crippen LogP contribution in [0.4, 0.5) is 5.69 Å². The lowest BCUT2D eigenvalue weighted by Crippen LogP contribution is -2.50. The zero-order valence-corrected chi connectivity index (χ0v) is 27.1. The minimum absolute atomic E-state index is 0.131. The van der Waals surface area contributed by atoms with Crippen molar-refractivity contribution in [2.24, 2.45) is 17.8 Å². The summed E-state index contributed by atoms with van der Waals surface area (Å²) in [4.78, 5) is 27.9. The fourth-order valence-corrected chi connectivity index (χ4v) is 8.94. The highest BCUT2D eigenvalue weighted by atomic mass is 35.5. The van der Waals surface area contributed by atoms with Crippen molar-refractivity contribution in [1.29, 1.82) is 0 Å². The Morgan fingerprint density at radius 3 is 2.73 bits per heavy atom. The molecule has 4 aliphatic rings. The summed E-state index contributed by atoms with van der Waals surface area (Å²) in [5.74, 6) is -0.198. The average Bonchev–Trinajstić information content (AvgIpc) is 3.10. The van der Waals surface area contributed by atoms with Crippen LogP contribution in [-0.4, -0.2) is 51.3 Å². The van der Waals surface area contributed by atoms with E-state index in [1.165, 1.54) is 18.1 Å². The Morgan fingerprint density at radius 2 is 1.98 bits per heavy atom. The molecule has 0 saturated heterocycles. The van der Waals surface area contributed by atoms with Crippen LogP contribution < -0.4 is 14.4 Å². The Hall–Kier alpha value is -3.04. The zero-order valence-electron chi connectivity index (χ0n) is 25.6. The summed E-state index contributed by atoms with van der Waals surface area (Å²) in [5.41, 5.74) is 3.23. The van der Waals surface area contributed by atoms with Crippen molar-refractivity contribution in [2.75, 3.05) is 24.6 Å². The minimum atomic E-state index is -3.95. The number of carbonyl (C=O) groups is 2. The van der Waals surface area contributed by atoms with E-state index in [0.29, 0.717) is 31.9 Å². The second-order valence-corrected chi connectivity index (χ2v) is 15.7. The van der Waals surface area contributed by atoms with Gasteiger partial charge in [-0.25, -0.2) is 13.1 Å². The van der Waals surface area contributed by atoms with E-state index in [4.69, 9.17) is 21.1 Å². The van der Waals surface area contributed by atoms with E-state index in [-0.39, 0.29) is 34.7 Å². The molecule has 0 unspecified atom stereocenters. The van der Waals surface area contributed by atoms with Crippen molar-refractivity contribution in [2.45, 2.75) is 76.1 Å². The van der Waals surface area contributed by atoms with Gasteiger partial charge in [-0.05, 0) is 105 Å². The predicted molar refractivity (Wildman–Crippen MR) is 171 cm³/mol. The lowest BCUT2D eigenvalue weighted by molar-refractivity contribution is -0.149. The van der Waals surface area contributed by atoms with Crippen LogP contribution in [-0.2, 0) is 31.4 Å². The quantitative estimate of drug-likeness (QED) is 0.310. The molecule has 0 radical (unpaired) electrons. The Kier molecular flexibility index (Phi) is 8.48. The van der Waals surface area contributed by atoms with Gasteiger partial charge in [0, 0.05) is 41.9 Å². The summed E-state index contributed by atoms with van der Waals surface area (Å²) in [6, 6.07) is 11.3. The fraction of sp³-hybridized carbons (Fsp3) is 0.529. The van der Waals surface area contributed by atoms with Crippen molar-refractivity contribution in [3.05, 3.63) is 70.3 Å². The summed E-state index contributed by atoms with van der Waals surface area (Å²) in [7, 11) is -3.95. The van der Waals surface area contributed by atoms with Gasteiger partial charge in [-0.15, -0.1) is 0 Å². The van der Waals surface area contributed by atoms with Crippen molar-refractivity contribution < 1.29 is 27.5 Å². The summed E-state index contributed by atoms with van der Waals surface area (Å²) in [6.07, 6.45) is 8.77. The monoisotopic (exact) mass is 640 g/mol. The number of allylic oxidation sites excluding steroid dienone is 1. The number of sulfonamides is 1. The predicted octanol–water partition coefficient (Wildman–Crippen LogP) is 5.82. The van der Waals surface area contributed by atoms with Crippen LogP contribution >= 0.6 is 11.6 Å². The first-order valence-corrected chi connectivity index (χ1v) is 17.6. The number of esters is 1. The lowest BCUT2D eigenvalue weighted by Gasteiger charge is -2.46. The first kappa shape index (κ1) is 31.0. The molecular formula is C34H41ClN2O6S. The van der Waals surface area contributed by atoms with Gasteiger partial charge in [0.2, 0.25) is 10.0 Å². The number of amides is 1. The van der Waals surface area contributed by atoms with E-state index in [1.807, 2.05) is 25.1 Å². The largest absolute Gasteiger partial charge is 0.490 e. The number of hydrogen-bond acceptors (Lipinski definition) is 7. The molecule has 1 amide bonds. The van der Waals surface area contributed by atoms with Gasteiger partial charge in [0.05, 0.1) is 17.5 Å². The van der Waals surface area contributed by atoms with Gasteiger partial charge in [0.1, 0.15) is 11.9 Å². The number of nitrogens with zero attached hydrogens (tertiary/aromatic N) is 1. The van der Waals surface area contributed by atoms with Crippen LogP contribution in [0.25, 0.3) is 0 Å². The SMILES string of the molecule is CC(=O)O[C@@H]1/C=C/C[C@H](C)[C@@H](C)S(=O)(=O)NC(=O)c2ccc3c(c2)N(C[C@@H]2CC[C@H]21)C[C@@]1(CCCc2cc(Cl)ccc21)CO3. The smallest absolute Gasteiger partial charge is 0.303 e.